The van der Waals surface area contributed by atoms with Gasteiger partial charge in [-0.1, -0.05) is 12.1 Å². The molecule has 0 bridgehead atoms. The maximum absolute atomic E-state index is 12.6. The zero-order valence-corrected chi connectivity index (χ0v) is 11.7. The summed E-state index contributed by atoms with van der Waals surface area (Å²) in [6.45, 7) is 1.95. The van der Waals surface area contributed by atoms with Gasteiger partial charge in [0, 0.05) is 30.4 Å². The summed E-state index contributed by atoms with van der Waals surface area (Å²) in [4.78, 5) is 25.9. The fourth-order valence-corrected chi connectivity index (χ4v) is 2.69. The summed E-state index contributed by atoms with van der Waals surface area (Å²) in [6, 6.07) is 10.4. The maximum atomic E-state index is 12.6. The van der Waals surface area contributed by atoms with E-state index in [1.54, 1.807) is 0 Å². The Balaban J connectivity index is 1.96. The number of carbonyl (C=O) groups is 1. The molecule has 1 aliphatic rings. The molecule has 1 aromatic heterocycles. The number of para-hydroxylation sites is 1. The zero-order valence-electron chi connectivity index (χ0n) is 11.7. The number of benzene rings is 1. The molecule has 1 N–H and O–H groups in total. The molecule has 2 heterocycles. The van der Waals surface area contributed by atoms with Gasteiger partial charge in [0.1, 0.15) is 5.69 Å². The predicted molar refractivity (Wildman–Crippen MR) is 80.8 cm³/mol. The minimum absolute atomic E-state index is 0.160. The molecule has 108 valence electrons. The van der Waals surface area contributed by atoms with Crippen molar-refractivity contribution < 1.29 is 4.79 Å². The lowest BCUT2D eigenvalue weighted by Gasteiger charge is -2.30. The van der Waals surface area contributed by atoms with Crippen LogP contribution in [0.1, 0.15) is 35.3 Å². The highest BCUT2D eigenvalue weighted by molar-refractivity contribution is 6.11. The summed E-state index contributed by atoms with van der Waals surface area (Å²) in [6.07, 6.45) is 3.55. The standard InChI is InChI=1S/C16H17N3O2/c20-15-9-8-13(17-18-15)16(21)12-6-2-3-7-14(12)19-10-4-1-5-11-19/h2-3,6-9H,1,4-5,10-11H2,(H,18,20). The lowest BCUT2D eigenvalue weighted by atomic mass is 10.0. The van der Waals surface area contributed by atoms with Crippen molar-refractivity contribution in [3.05, 3.63) is 58.0 Å². The first kappa shape index (κ1) is 13.5. The van der Waals surface area contributed by atoms with Crippen molar-refractivity contribution in [2.75, 3.05) is 18.0 Å². The summed E-state index contributed by atoms with van der Waals surface area (Å²) in [5.74, 6) is -0.160. The molecule has 1 aromatic carbocycles. The SMILES string of the molecule is O=C(c1ccc(=O)[nH]n1)c1ccccc1N1CCCCC1. The predicted octanol–water partition coefficient (Wildman–Crippen LogP) is 1.99. The zero-order chi connectivity index (χ0) is 14.7. The summed E-state index contributed by atoms with van der Waals surface area (Å²) in [5.41, 5.74) is 1.55. The Morgan fingerprint density at radius 1 is 1.05 bits per heavy atom. The minimum Gasteiger partial charge on any atom is -0.371 e. The van der Waals surface area contributed by atoms with Crippen LogP contribution in [0.2, 0.25) is 0 Å². The summed E-state index contributed by atoms with van der Waals surface area (Å²) < 4.78 is 0. The van der Waals surface area contributed by atoms with Gasteiger partial charge in [-0.15, -0.1) is 0 Å². The lowest BCUT2D eigenvalue weighted by molar-refractivity contribution is 0.103. The van der Waals surface area contributed by atoms with Crippen LogP contribution in [0.5, 0.6) is 0 Å². The molecule has 21 heavy (non-hydrogen) atoms. The van der Waals surface area contributed by atoms with E-state index in [4.69, 9.17) is 0 Å². The van der Waals surface area contributed by atoms with E-state index in [0.29, 0.717) is 5.56 Å². The molecule has 0 amide bonds. The van der Waals surface area contributed by atoms with Crippen LogP contribution in [0.3, 0.4) is 0 Å². The molecule has 5 nitrogen and oxygen atoms in total. The second-order valence-corrected chi connectivity index (χ2v) is 5.20. The number of aromatic amines is 1. The van der Waals surface area contributed by atoms with Crippen molar-refractivity contribution in [3.8, 4) is 0 Å². The van der Waals surface area contributed by atoms with Gasteiger partial charge in [0.2, 0.25) is 5.78 Å². The quantitative estimate of drug-likeness (QED) is 0.875. The number of nitrogens with zero attached hydrogens (tertiary/aromatic N) is 2. The van der Waals surface area contributed by atoms with Crippen molar-refractivity contribution in [2.45, 2.75) is 19.3 Å². The van der Waals surface area contributed by atoms with Gasteiger partial charge in [0.25, 0.3) is 5.56 Å². The average molecular weight is 283 g/mol. The van der Waals surface area contributed by atoms with Gasteiger partial charge in [0.05, 0.1) is 0 Å². The normalized spacial score (nSPS) is 15.0. The number of nitrogens with one attached hydrogen (secondary N) is 1. The third-order valence-corrected chi connectivity index (χ3v) is 3.76. The highest BCUT2D eigenvalue weighted by atomic mass is 16.1. The van der Waals surface area contributed by atoms with Crippen LogP contribution < -0.4 is 10.5 Å². The largest absolute Gasteiger partial charge is 0.371 e. The summed E-state index contributed by atoms with van der Waals surface area (Å²) >= 11 is 0. The Hall–Kier alpha value is -2.43. The van der Waals surface area contributed by atoms with E-state index in [9.17, 15) is 9.59 Å². The topological polar surface area (TPSA) is 66.1 Å². The highest BCUT2D eigenvalue weighted by Gasteiger charge is 2.19. The molecule has 1 fully saturated rings. The van der Waals surface area contributed by atoms with Crippen molar-refractivity contribution in [3.63, 3.8) is 0 Å². The number of anilines is 1. The Morgan fingerprint density at radius 2 is 1.81 bits per heavy atom. The average Bonchev–Trinajstić information content (AvgIpc) is 2.56. The van der Waals surface area contributed by atoms with Gasteiger partial charge in [-0.3, -0.25) is 9.59 Å². The van der Waals surface area contributed by atoms with E-state index in [1.165, 1.54) is 18.6 Å². The first-order valence-corrected chi connectivity index (χ1v) is 7.20. The molecule has 0 unspecified atom stereocenters. The van der Waals surface area contributed by atoms with E-state index in [0.717, 1.165) is 31.6 Å². The fourth-order valence-electron chi connectivity index (χ4n) is 2.69. The number of rotatable bonds is 3. The van der Waals surface area contributed by atoms with Crippen LogP contribution in [0, 0.1) is 0 Å². The van der Waals surface area contributed by atoms with Gasteiger partial charge in [-0.05, 0) is 37.5 Å². The number of H-pyrrole nitrogens is 1. The summed E-state index contributed by atoms with van der Waals surface area (Å²) in [7, 11) is 0. The number of ketones is 1. The monoisotopic (exact) mass is 283 g/mol. The van der Waals surface area contributed by atoms with Crippen molar-refractivity contribution >= 4 is 11.5 Å². The number of hydrogen-bond acceptors (Lipinski definition) is 4. The third kappa shape index (κ3) is 2.86. The van der Waals surface area contributed by atoms with E-state index >= 15 is 0 Å². The molecular formula is C16H17N3O2. The van der Waals surface area contributed by atoms with Gasteiger partial charge in [0.15, 0.2) is 0 Å². The first-order chi connectivity index (χ1) is 10.3. The number of carbonyl (C=O) groups excluding carboxylic acids is 1. The van der Waals surface area contributed by atoms with Crippen LogP contribution in [-0.2, 0) is 0 Å². The third-order valence-electron chi connectivity index (χ3n) is 3.76. The Labute approximate surface area is 122 Å². The Morgan fingerprint density at radius 3 is 2.52 bits per heavy atom. The van der Waals surface area contributed by atoms with E-state index in [1.807, 2.05) is 24.3 Å². The van der Waals surface area contributed by atoms with Gasteiger partial charge >= 0.3 is 0 Å². The van der Waals surface area contributed by atoms with Crippen LogP contribution in [0.15, 0.2) is 41.2 Å². The van der Waals surface area contributed by atoms with E-state index < -0.39 is 0 Å². The smallest absolute Gasteiger partial charge is 0.264 e. The van der Waals surface area contributed by atoms with Crippen LogP contribution in [0.25, 0.3) is 0 Å². The molecule has 1 saturated heterocycles. The maximum Gasteiger partial charge on any atom is 0.264 e. The molecule has 0 aliphatic carbocycles. The molecule has 0 saturated carbocycles. The van der Waals surface area contributed by atoms with Crippen molar-refractivity contribution in [2.24, 2.45) is 0 Å². The molecule has 3 rings (SSSR count). The van der Waals surface area contributed by atoms with E-state index in [-0.39, 0.29) is 17.0 Å². The Kier molecular flexibility index (Phi) is 3.81. The van der Waals surface area contributed by atoms with Crippen molar-refractivity contribution in [1.82, 2.24) is 10.2 Å². The van der Waals surface area contributed by atoms with Gasteiger partial charge < -0.3 is 4.90 Å². The number of aromatic nitrogens is 2. The van der Waals surface area contributed by atoms with Crippen molar-refractivity contribution in [1.29, 1.82) is 0 Å². The Bertz CT molecular complexity index is 682. The molecule has 0 atom stereocenters. The van der Waals surface area contributed by atoms with Crippen LogP contribution in [-0.4, -0.2) is 29.1 Å². The summed E-state index contributed by atoms with van der Waals surface area (Å²) in [5, 5.41) is 6.14. The fraction of sp³-hybridized carbons (Fsp3) is 0.312. The van der Waals surface area contributed by atoms with Gasteiger partial charge in [-0.25, -0.2) is 5.10 Å². The number of hydrogen-bond donors (Lipinski definition) is 1. The van der Waals surface area contributed by atoms with Crippen LogP contribution in [0.4, 0.5) is 5.69 Å². The molecule has 5 heteroatoms. The highest BCUT2D eigenvalue weighted by Crippen LogP contribution is 2.25. The minimum atomic E-state index is -0.309. The molecular weight excluding hydrogens is 266 g/mol. The molecule has 0 spiro atoms. The van der Waals surface area contributed by atoms with Crippen LogP contribution >= 0.6 is 0 Å². The second-order valence-electron chi connectivity index (χ2n) is 5.20. The van der Waals surface area contributed by atoms with Gasteiger partial charge in [-0.2, -0.15) is 5.10 Å². The number of piperidine rings is 1. The second kappa shape index (κ2) is 5.91. The van der Waals surface area contributed by atoms with E-state index in [2.05, 4.69) is 15.1 Å². The molecule has 2 aromatic rings. The molecule has 1 aliphatic heterocycles. The molecule has 0 radical (unpaired) electrons. The first-order valence-electron chi connectivity index (χ1n) is 7.20. The lowest BCUT2D eigenvalue weighted by Crippen LogP contribution is -2.30.